The number of rotatable bonds is 4. The summed E-state index contributed by atoms with van der Waals surface area (Å²) in [6, 6.07) is 0. The third-order valence-electron chi connectivity index (χ3n) is 0.648. The highest BCUT2D eigenvalue weighted by Crippen LogP contribution is 3.11. The fraction of sp³-hybridized carbons (Fsp3) is 0. The molecule has 0 bridgehead atoms. The van der Waals surface area contributed by atoms with Gasteiger partial charge in [0.15, 0.2) is 0 Å². The number of halogens is 1. The first-order chi connectivity index (χ1) is 5.00. The molecule has 0 saturated carbocycles. The Hall–Kier alpha value is 5.03. The molecule has 0 aromatic carbocycles. The van der Waals surface area contributed by atoms with E-state index >= 15 is 0 Å². The van der Waals surface area contributed by atoms with Gasteiger partial charge in [-0.1, -0.05) is 6.99 Å². The lowest BCUT2D eigenvalue weighted by Gasteiger charge is -2.38. The standard InChI is InChI=1S/H10IP10/c1-8(9(3)4)11(7-2)10(5)6/h2-6H2/q-1. The van der Waals surface area contributed by atoms with E-state index < -0.39 is 0 Å². The van der Waals surface area contributed by atoms with Gasteiger partial charge in [-0.2, -0.15) is 6.99 Å². The lowest BCUT2D eigenvalue weighted by molar-refractivity contribution is 4.75. The van der Waals surface area contributed by atoms with Crippen LogP contribution in [0.25, 0.3) is 0 Å². The second-order valence-corrected chi connectivity index (χ2v) is 42.4. The summed E-state index contributed by atoms with van der Waals surface area (Å²) in [4.78, 5) is 0.237. The normalized spacial score (nSPS) is 18.5. The van der Waals surface area contributed by atoms with E-state index in [0.717, 1.165) is 0 Å². The van der Waals surface area contributed by atoms with Crippen LogP contribution in [-0.2, 0) is 0 Å². The van der Waals surface area contributed by atoms with E-state index in [9.17, 15) is 0 Å². The van der Waals surface area contributed by atoms with Gasteiger partial charge in [0, 0.05) is 0 Å². The third-order valence-corrected chi connectivity index (χ3v) is 68.0. The fourth-order valence-corrected chi connectivity index (χ4v) is 85.6. The second-order valence-electron chi connectivity index (χ2n) is 1.38. The summed E-state index contributed by atoms with van der Waals surface area (Å²) in [5, 5.41) is 0. The molecule has 11 heteroatoms. The number of hydrogen-bond acceptors (Lipinski definition) is 0. The van der Waals surface area contributed by atoms with Crippen LogP contribution in [0.4, 0.5) is 0 Å². The molecule has 0 rings (SSSR count). The summed E-state index contributed by atoms with van der Waals surface area (Å²) in [5.41, 5.74) is 0. The molecule has 0 heterocycles. The Morgan fingerprint density at radius 3 is 1.55 bits per heavy atom. The largest absolute Gasteiger partial charge is 0.471 e. The molecule has 0 aliphatic heterocycles. The molecule has 0 aliphatic carbocycles. The van der Waals surface area contributed by atoms with Crippen molar-refractivity contribution in [2.24, 2.45) is 0 Å². The van der Waals surface area contributed by atoms with Crippen LogP contribution in [-0.4, -0.2) is 0 Å². The predicted molar refractivity (Wildman–Crippen MR) is 97.2 cm³/mol. The van der Waals surface area contributed by atoms with Gasteiger partial charge < -0.3 is 7.96 Å². The second kappa shape index (κ2) is 9.10. The molecular weight excluding hydrogens is 437 g/mol. The average Bonchev–Trinajstić information content (AvgIpc) is 1.88. The summed E-state index contributed by atoms with van der Waals surface area (Å²) in [7, 11) is 16.3. The predicted octanol–water partition coefficient (Wildman–Crippen LogP) is 6.82. The molecule has 0 aliphatic rings. The van der Waals surface area contributed by atoms with Crippen LogP contribution >= 0.6 is 101 Å². The molecule has 0 amide bonds. The van der Waals surface area contributed by atoms with Gasteiger partial charge >= 0.3 is 0 Å². The molecule has 0 spiro atoms. The van der Waals surface area contributed by atoms with Crippen LogP contribution < -0.4 is 0 Å². The van der Waals surface area contributed by atoms with Gasteiger partial charge in [0.2, 0.25) is 0 Å². The van der Waals surface area contributed by atoms with Gasteiger partial charge in [-0.25, -0.2) is 0 Å². The van der Waals surface area contributed by atoms with Crippen LogP contribution in [0.3, 0.4) is 0 Å². The van der Waals surface area contributed by atoms with Crippen molar-refractivity contribution in [2.75, 3.05) is 0 Å². The summed E-state index contributed by atoms with van der Waals surface area (Å²) in [6.45, 7) is 0.530. The lowest BCUT2D eigenvalue weighted by Crippen LogP contribution is -1.38. The molecule has 0 fully saturated rings. The zero-order valence-electron chi connectivity index (χ0n) is 5.50. The SMILES string of the molecule is P[P-]P(P(P)P)P(I)P(P)P. The van der Waals surface area contributed by atoms with Crippen molar-refractivity contribution in [1.29, 1.82) is 0 Å². The Balaban J connectivity index is 4.02. The van der Waals surface area contributed by atoms with E-state index in [4.69, 9.17) is 0 Å². The Morgan fingerprint density at radius 1 is 1.00 bits per heavy atom. The van der Waals surface area contributed by atoms with E-state index in [-0.39, 0.29) is 25.9 Å². The first-order valence-corrected chi connectivity index (χ1v) is 22.2. The minimum absolute atomic E-state index is 0.140. The zero-order chi connectivity index (χ0) is 9.02. The highest BCUT2D eigenvalue weighted by atomic mass is 127. The molecule has 0 N–H and O–H groups in total. The van der Waals surface area contributed by atoms with Crippen molar-refractivity contribution in [3.05, 3.63) is 0 Å². The molecule has 0 nitrogen and oxygen atoms in total. The van der Waals surface area contributed by atoms with Crippen LogP contribution in [0, 0.1) is 0 Å². The molecule has 0 aromatic rings. The van der Waals surface area contributed by atoms with Crippen molar-refractivity contribution in [2.45, 2.75) is 0 Å². The van der Waals surface area contributed by atoms with Crippen molar-refractivity contribution in [3.63, 3.8) is 0 Å². The van der Waals surface area contributed by atoms with E-state index in [1.54, 1.807) is 0 Å². The maximum absolute atomic E-state index is 2.97. The maximum atomic E-state index is 2.97. The topological polar surface area (TPSA) is 0 Å². The van der Waals surface area contributed by atoms with Crippen molar-refractivity contribution in [1.82, 2.24) is 0 Å². The quantitative estimate of drug-likeness (QED) is 0.328. The molecule has 7 unspecified atom stereocenters. The Morgan fingerprint density at radius 2 is 1.45 bits per heavy atom. The molecule has 0 aromatic heterocycles. The van der Waals surface area contributed by atoms with E-state index in [1.807, 2.05) is 0 Å². The van der Waals surface area contributed by atoms with Crippen LogP contribution in [0.1, 0.15) is 0 Å². The lowest BCUT2D eigenvalue weighted by atomic mass is 28.8. The Bertz CT molecular complexity index is 97.0. The average molecular weight is 447 g/mol. The van der Waals surface area contributed by atoms with Crippen molar-refractivity contribution < 1.29 is 0 Å². The molecule has 0 radical (unpaired) electrons. The summed E-state index contributed by atoms with van der Waals surface area (Å²) in [6.07, 6.45) is 0. The van der Waals surface area contributed by atoms with Crippen LogP contribution in [0.2, 0.25) is 0 Å². The maximum Gasteiger partial charge on any atom is -0.00814 e. The van der Waals surface area contributed by atoms with Gasteiger partial charge in [0.25, 0.3) is 0 Å². The number of hydrogen-bond donors (Lipinski definition) is 0. The van der Waals surface area contributed by atoms with E-state index in [2.05, 4.69) is 66.7 Å². The Kier molecular flexibility index (Phi) is 13.3. The van der Waals surface area contributed by atoms with Crippen LogP contribution in [0.5, 0.6) is 0 Å². The highest BCUT2D eigenvalue weighted by molar-refractivity contribution is 14.2. The third kappa shape index (κ3) is 7.05. The van der Waals surface area contributed by atoms with Gasteiger partial charge in [-0.05, 0) is 34.0 Å². The van der Waals surface area contributed by atoms with E-state index in [1.165, 1.54) is 7.96 Å². The van der Waals surface area contributed by atoms with Crippen molar-refractivity contribution in [3.8, 4) is 0 Å². The summed E-state index contributed by atoms with van der Waals surface area (Å²) < 4.78 is 0. The molecule has 7 atom stereocenters. The fourth-order valence-electron chi connectivity index (χ4n) is 0.280. The van der Waals surface area contributed by atoms with Gasteiger partial charge in [0.05, 0.1) is 0 Å². The molecule has 0 saturated heterocycles. The molecule has 11 heavy (non-hydrogen) atoms. The van der Waals surface area contributed by atoms with Gasteiger partial charge in [-0.15, -0.1) is 35.7 Å². The highest BCUT2D eigenvalue weighted by Gasteiger charge is 2.14. The zero-order valence-corrected chi connectivity index (χ0v) is 17.9. The molecule has 68 valence electrons. The first kappa shape index (κ1) is 16.0. The van der Waals surface area contributed by atoms with Gasteiger partial charge in [-0.3, -0.25) is 8.93 Å². The molecular formula is H10IP10-. The summed E-state index contributed by atoms with van der Waals surface area (Å²) in [5.74, 6) is 0. The smallest absolute Gasteiger partial charge is 0.00814 e. The Labute approximate surface area is 99.6 Å². The minimum Gasteiger partial charge on any atom is -0.471 e. The monoisotopic (exact) mass is 447 g/mol. The van der Waals surface area contributed by atoms with E-state index in [0.29, 0.717) is 0 Å². The van der Waals surface area contributed by atoms with Crippen LogP contribution in [0.15, 0.2) is 0 Å². The van der Waals surface area contributed by atoms with Crippen molar-refractivity contribution >= 4 is 101 Å². The minimum atomic E-state index is 0.140. The first-order valence-electron chi connectivity index (χ1n) is 2.26. The summed E-state index contributed by atoms with van der Waals surface area (Å²) >= 11 is 2.66. The van der Waals surface area contributed by atoms with Gasteiger partial charge in [0.1, 0.15) is 0 Å².